The number of aromatic amines is 1. The molecule has 24 heavy (non-hydrogen) atoms. The van der Waals surface area contributed by atoms with Crippen molar-refractivity contribution in [1.82, 2.24) is 14.3 Å². The molecule has 1 saturated heterocycles. The average Bonchev–Trinajstić information content (AvgIpc) is 3.12. The fourth-order valence-corrected chi connectivity index (χ4v) is 4.52. The Balaban J connectivity index is 2.04. The van der Waals surface area contributed by atoms with Gasteiger partial charge in [0.15, 0.2) is 5.52 Å². The van der Waals surface area contributed by atoms with E-state index in [4.69, 9.17) is 5.11 Å². The van der Waals surface area contributed by atoms with Crippen LogP contribution in [-0.4, -0.2) is 51.3 Å². The Morgan fingerprint density at radius 1 is 1.50 bits per heavy atom. The maximum atomic E-state index is 12.7. The van der Waals surface area contributed by atoms with Crippen molar-refractivity contribution in [1.29, 1.82) is 0 Å². The van der Waals surface area contributed by atoms with Crippen molar-refractivity contribution >= 4 is 32.7 Å². The maximum absolute atomic E-state index is 12.7. The summed E-state index contributed by atoms with van der Waals surface area (Å²) in [5.74, 6) is -1.08. The van der Waals surface area contributed by atoms with Crippen LogP contribution in [0.1, 0.15) is 19.3 Å². The zero-order valence-corrected chi connectivity index (χ0v) is 13.2. The number of hydrogen-bond acceptors (Lipinski definition) is 6. The highest BCUT2D eigenvalue weighted by Gasteiger charge is 2.38. The number of carboxylic acids is 1. The van der Waals surface area contributed by atoms with Gasteiger partial charge >= 0.3 is 5.97 Å². The van der Waals surface area contributed by atoms with E-state index in [1.54, 1.807) is 0 Å². The maximum Gasteiger partial charge on any atom is 0.304 e. The van der Waals surface area contributed by atoms with Crippen LogP contribution < -0.4 is 0 Å². The summed E-state index contributed by atoms with van der Waals surface area (Å²) >= 11 is 0. The highest BCUT2D eigenvalue weighted by Crippen LogP contribution is 2.30. The second-order valence-electron chi connectivity index (χ2n) is 5.48. The minimum Gasteiger partial charge on any atom is -0.481 e. The van der Waals surface area contributed by atoms with Gasteiger partial charge in [0, 0.05) is 18.7 Å². The molecule has 0 saturated carbocycles. The van der Waals surface area contributed by atoms with E-state index in [1.807, 2.05) is 0 Å². The van der Waals surface area contributed by atoms with Crippen molar-refractivity contribution in [2.75, 3.05) is 6.54 Å². The molecule has 0 amide bonds. The molecule has 10 nitrogen and oxygen atoms in total. The van der Waals surface area contributed by atoms with E-state index in [1.165, 1.54) is 18.2 Å². The Kier molecular flexibility index (Phi) is 3.97. The van der Waals surface area contributed by atoms with Gasteiger partial charge in [-0.25, -0.2) is 13.4 Å². The van der Waals surface area contributed by atoms with Gasteiger partial charge in [-0.1, -0.05) is 6.07 Å². The number of imidazole rings is 1. The fraction of sp³-hybridized carbons (Fsp3) is 0.385. The van der Waals surface area contributed by atoms with Crippen LogP contribution >= 0.6 is 0 Å². The molecule has 1 aromatic heterocycles. The third-order valence-electron chi connectivity index (χ3n) is 3.95. The Labute approximate surface area is 136 Å². The number of benzene rings is 1. The van der Waals surface area contributed by atoms with Crippen molar-refractivity contribution in [3.63, 3.8) is 0 Å². The third-order valence-corrected chi connectivity index (χ3v) is 5.73. The lowest BCUT2D eigenvalue weighted by Crippen LogP contribution is -2.37. The van der Waals surface area contributed by atoms with Crippen LogP contribution in [0, 0.1) is 10.1 Å². The summed E-state index contributed by atoms with van der Waals surface area (Å²) in [7, 11) is -4.06. The minimum absolute atomic E-state index is 0.0462. The number of fused-ring (bicyclic) bond motifs is 1. The van der Waals surface area contributed by atoms with E-state index in [0.717, 1.165) is 4.31 Å². The third kappa shape index (κ3) is 2.71. The van der Waals surface area contributed by atoms with Crippen molar-refractivity contribution in [3.05, 3.63) is 28.3 Å². The molecule has 2 heterocycles. The quantitative estimate of drug-likeness (QED) is 0.603. The highest BCUT2D eigenvalue weighted by atomic mass is 32.2. The highest BCUT2D eigenvalue weighted by molar-refractivity contribution is 7.89. The summed E-state index contributed by atoms with van der Waals surface area (Å²) in [4.78, 5) is 27.8. The molecule has 1 atom stereocenters. The lowest BCUT2D eigenvalue weighted by Gasteiger charge is -2.21. The number of aliphatic carboxylic acids is 1. The molecular weight excluding hydrogens is 340 g/mol. The zero-order chi connectivity index (χ0) is 17.5. The first-order chi connectivity index (χ1) is 11.3. The van der Waals surface area contributed by atoms with Gasteiger partial charge in [0.1, 0.15) is 0 Å². The molecule has 1 aliphatic rings. The number of nitro benzene ring substituents is 1. The van der Waals surface area contributed by atoms with E-state index in [0.29, 0.717) is 12.8 Å². The van der Waals surface area contributed by atoms with Gasteiger partial charge < -0.3 is 10.1 Å². The number of hydrogen-bond donors (Lipinski definition) is 2. The standard InChI is InChI=1S/C13H14N4O6S/c18-11(19)7-8-3-2-6-16(8)24(22,23)13-14-9-4-1-5-10(17(20)21)12(9)15-13/h1,4-5,8H,2-3,6-7H2,(H,14,15)(H,18,19). The summed E-state index contributed by atoms with van der Waals surface area (Å²) in [5.41, 5.74) is -0.111. The lowest BCUT2D eigenvalue weighted by molar-refractivity contribution is -0.383. The van der Waals surface area contributed by atoms with Crippen LogP contribution in [-0.2, 0) is 14.8 Å². The molecule has 2 aromatic rings. The normalized spacial score (nSPS) is 18.9. The number of H-pyrrole nitrogens is 1. The molecular formula is C13H14N4O6S. The monoisotopic (exact) mass is 354 g/mol. The molecule has 0 radical (unpaired) electrons. The summed E-state index contributed by atoms with van der Waals surface area (Å²) in [6, 6.07) is 3.52. The van der Waals surface area contributed by atoms with Gasteiger partial charge in [-0.05, 0) is 18.9 Å². The van der Waals surface area contributed by atoms with Crippen molar-refractivity contribution in [3.8, 4) is 0 Å². The summed E-state index contributed by atoms with van der Waals surface area (Å²) in [5, 5.41) is 19.5. The summed E-state index contributed by atoms with van der Waals surface area (Å²) < 4.78 is 26.6. The number of sulfonamides is 1. The van der Waals surface area contributed by atoms with Crippen molar-refractivity contribution < 1.29 is 23.2 Å². The van der Waals surface area contributed by atoms with Crippen molar-refractivity contribution in [2.24, 2.45) is 0 Å². The smallest absolute Gasteiger partial charge is 0.304 e. The molecule has 1 aromatic carbocycles. The Bertz CT molecular complexity index is 922. The fourth-order valence-electron chi connectivity index (χ4n) is 2.91. The van der Waals surface area contributed by atoms with E-state index < -0.39 is 32.1 Å². The molecule has 1 fully saturated rings. The summed E-state index contributed by atoms with van der Waals surface area (Å²) in [6.07, 6.45) is 0.711. The Morgan fingerprint density at radius 2 is 2.25 bits per heavy atom. The molecule has 3 rings (SSSR count). The van der Waals surface area contributed by atoms with E-state index in [-0.39, 0.29) is 29.7 Å². The molecule has 128 valence electrons. The number of carbonyl (C=O) groups is 1. The molecule has 0 bridgehead atoms. The van der Waals surface area contributed by atoms with Crippen LogP contribution in [0.4, 0.5) is 5.69 Å². The van der Waals surface area contributed by atoms with Gasteiger partial charge in [-0.3, -0.25) is 14.9 Å². The van der Waals surface area contributed by atoms with Gasteiger partial charge in [0.2, 0.25) is 5.16 Å². The predicted octanol–water partition coefficient (Wildman–Crippen LogP) is 1.10. The zero-order valence-electron chi connectivity index (χ0n) is 12.4. The molecule has 2 N–H and O–H groups in total. The van der Waals surface area contributed by atoms with Crippen molar-refractivity contribution in [2.45, 2.75) is 30.5 Å². The van der Waals surface area contributed by atoms with Crippen LogP contribution in [0.15, 0.2) is 23.4 Å². The van der Waals surface area contributed by atoms with Crippen LogP contribution in [0.5, 0.6) is 0 Å². The van der Waals surface area contributed by atoms with E-state index in [2.05, 4.69) is 9.97 Å². The predicted molar refractivity (Wildman–Crippen MR) is 81.9 cm³/mol. The molecule has 0 aliphatic carbocycles. The van der Waals surface area contributed by atoms with Crippen LogP contribution in [0.2, 0.25) is 0 Å². The average molecular weight is 354 g/mol. The van der Waals surface area contributed by atoms with Gasteiger partial charge in [0.05, 0.1) is 16.9 Å². The van der Waals surface area contributed by atoms with Gasteiger partial charge in [-0.2, -0.15) is 4.31 Å². The van der Waals surface area contributed by atoms with Crippen LogP contribution in [0.25, 0.3) is 11.0 Å². The number of nitrogens with one attached hydrogen (secondary N) is 1. The number of rotatable bonds is 5. The Morgan fingerprint density at radius 3 is 2.92 bits per heavy atom. The summed E-state index contributed by atoms with van der Waals surface area (Å²) in [6.45, 7) is 0.194. The van der Waals surface area contributed by atoms with E-state index >= 15 is 0 Å². The Hall–Kier alpha value is -2.53. The first-order valence-corrected chi connectivity index (χ1v) is 8.61. The second kappa shape index (κ2) is 5.83. The lowest BCUT2D eigenvalue weighted by atomic mass is 10.2. The SMILES string of the molecule is O=C(O)CC1CCCN1S(=O)(=O)c1nc2c([N+](=O)[O-])cccc2[nH]1. The number of nitrogens with zero attached hydrogens (tertiary/aromatic N) is 3. The second-order valence-corrected chi connectivity index (χ2v) is 7.29. The minimum atomic E-state index is -4.06. The number of para-hydroxylation sites is 1. The number of nitro groups is 1. The first-order valence-electron chi connectivity index (χ1n) is 7.17. The first kappa shape index (κ1) is 16.3. The molecule has 11 heteroatoms. The number of non-ortho nitro benzene ring substituents is 1. The van der Waals surface area contributed by atoms with Gasteiger partial charge in [0.25, 0.3) is 15.7 Å². The molecule has 1 aliphatic heterocycles. The van der Waals surface area contributed by atoms with E-state index in [9.17, 15) is 23.3 Å². The number of carboxylic acid groups (broad SMARTS) is 1. The number of aromatic nitrogens is 2. The van der Waals surface area contributed by atoms with Crippen LogP contribution in [0.3, 0.4) is 0 Å². The molecule has 1 unspecified atom stereocenters. The topological polar surface area (TPSA) is 146 Å². The van der Waals surface area contributed by atoms with Gasteiger partial charge in [-0.15, -0.1) is 0 Å². The molecule has 0 spiro atoms. The largest absolute Gasteiger partial charge is 0.481 e.